The number of likely N-dealkylation sites (tertiary alicyclic amines) is 1. The Morgan fingerprint density at radius 2 is 1.68 bits per heavy atom. The van der Waals surface area contributed by atoms with Crippen LogP contribution < -0.4 is 14.8 Å². The Balaban J connectivity index is 1.21. The van der Waals surface area contributed by atoms with Crippen molar-refractivity contribution in [1.29, 1.82) is 0 Å². The van der Waals surface area contributed by atoms with E-state index in [1.807, 2.05) is 0 Å². The lowest BCUT2D eigenvalue weighted by Crippen LogP contribution is -2.34. The summed E-state index contributed by atoms with van der Waals surface area (Å²) in [6, 6.07) is 18.8. The Hall–Kier alpha value is -4.92. The lowest BCUT2D eigenvalue weighted by Gasteiger charge is -2.33. The van der Waals surface area contributed by atoms with Crippen LogP contribution in [0.15, 0.2) is 102 Å². The number of hydrogen-bond acceptors (Lipinski definition) is 6. The van der Waals surface area contributed by atoms with E-state index >= 15 is 0 Å². The first-order valence-corrected chi connectivity index (χ1v) is 12.8. The molecule has 1 saturated heterocycles. The van der Waals surface area contributed by atoms with Gasteiger partial charge in [0.1, 0.15) is 28.9 Å². The molecule has 40 heavy (non-hydrogen) atoms. The van der Waals surface area contributed by atoms with Crippen LogP contribution in [0.3, 0.4) is 0 Å². The molecule has 1 heterocycles. The molecule has 8 nitrogen and oxygen atoms in total. The molecule has 4 rings (SSSR count). The topological polar surface area (TPSA) is 100 Å². The minimum Gasteiger partial charge on any atom is -0.493 e. The van der Waals surface area contributed by atoms with E-state index in [1.54, 1.807) is 54.8 Å². The summed E-state index contributed by atoms with van der Waals surface area (Å²) in [5.74, 6) is 1.05. The SMILES string of the molecule is C=NC(=CC=CNC(=O)c1ccc(Oc2ccc(F)cc2)cc1)N1CCC(COc2cccc(C(=O)O)c2)CC1. The number of ether oxygens (including phenoxy) is 2. The number of aliphatic imine (C=N–C) groups is 1. The summed E-state index contributed by atoms with van der Waals surface area (Å²) < 4.78 is 24.5. The molecule has 0 unspecified atom stereocenters. The molecule has 3 aromatic carbocycles. The van der Waals surface area contributed by atoms with Gasteiger partial charge in [0.05, 0.1) is 12.2 Å². The van der Waals surface area contributed by atoms with Crippen molar-refractivity contribution in [2.45, 2.75) is 12.8 Å². The van der Waals surface area contributed by atoms with Gasteiger partial charge in [-0.15, -0.1) is 0 Å². The molecule has 2 N–H and O–H groups in total. The quantitative estimate of drug-likeness (QED) is 0.231. The van der Waals surface area contributed by atoms with Crippen molar-refractivity contribution in [1.82, 2.24) is 10.2 Å². The number of hydrogen-bond donors (Lipinski definition) is 2. The van der Waals surface area contributed by atoms with E-state index in [9.17, 15) is 14.0 Å². The predicted molar refractivity (Wildman–Crippen MR) is 150 cm³/mol. The number of carbonyl (C=O) groups is 2. The van der Waals surface area contributed by atoms with Gasteiger partial charge in [0, 0.05) is 24.9 Å². The smallest absolute Gasteiger partial charge is 0.335 e. The van der Waals surface area contributed by atoms with E-state index in [0.717, 1.165) is 25.9 Å². The molecule has 1 aliphatic heterocycles. The molecule has 0 bridgehead atoms. The van der Waals surface area contributed by atoms with E-state index in [2.05, 4.69) is 21.9 Å². The second-order valence-corrected chi connectivity index (χ2v) is 9.17. The Labute approximate surface area is 232 Å². The molecule has 1 fully saturated rings. The fourth-order valence-electron chi connectivity index (χ4n) is 4.17. The number of carbonyl (C=O) groups excluding carboxylic acids is 1. The zero-order valence-corrected chi connectivity index (χ0v) is 21.8. The molecule has 9 heteroatoms. The molecule has 206 valence electrons. The van der Waals surface area contributed by atoms with Crippen LogP contribution in [-0.4, -0.2) is 48.3 Å². The standard InChI is InChI=1S/C31H30FN3O5/c1-33-29(35-18-15-22(16-19-35)21-39-28-5-2-4-24(20-28)31(37)38)6-3-17-34-30(36)23-7-11-26(12-8-23)40-27-13-9-25(32)10-14-27/h2-14,17,20,22H,1,15-16,18-19,21H2,(H,34,36)(H,37,38). The Bertz CT molecular complexity index is 1380. The van der Waals surface area contributed by atoms with Gasteiger partial charge in [-0.05, 0) is 104 Å². The van der Waals surface area contributed by atoms with E-state index in [1.165, 1.54) is 36.4 Å². The van der Waals surface area contributed by atoms with Gasteiger partial charge in [-0.25, -0.2) is 14.2 Å². The predicted octanol–water partition coefficient (Wildman–Crippen LogP) is 5.89. The highest BCUT2D eigenvalue weighted by Gasteiger charge is 2.21. The first kappa shape index (κ1) is 28.1. The van der Waals surface area contributed by atoms with Crippen LogP contribution in [0, 0.1) is 11.7 Å². The number of nitrogens with zero attached hydrogens (tertiary/aromatic N) is 2. The summed E-state index contributed by atoms with van der Waals surface area (Å²) in [6.45, 7) is 5.75. The summed E-state index contributed by atoms with van der Waals surface area (Å²) in [6.07, 6.45) is 6.83. The van der Waals surface area contributed by atoms with E-state index in [4.69, 9.17) is 14.6 Å². The zero-order chi connectivity index (χ0) is 28.3. The van der Waals surface area contributed by atoms with Gasteiger partial charge in [-0.2, -0.15) is 0 Å². The number of amides is 1. The maximum atomic E-state index is 13.0. The molecular weight excluding hydrogens is 513 g/mol. The maximum absolute atomic E-state index is 13.0. The van der Waals surface area contributed by atoms with Crippen molar-refractivity contribution in [3.8, 4) is 17.2 Å². The van der Waals surface area contributed by atoms with Crippen molar-refractivity contribution < 1.29 is 28.6 Å². The first-order chi connectivity index (χ1) is 19.4. The molecule has 0 aromatic heterocycles. The number of piperidine rings is 1. The third kappa shape index (κ3) is 8.04. The summed E-state index contributed by atoms with van der Waals surface area (Å²) in [5.41, 5.74) is 0.663. The van der Waals surface area contributed by atoms with Gasteiger partial charge in [0.15, 0.2) is 0 Å². The van der Waals surface area contributed by atoms with Crippen LogP contribution in [0.4, 0.5) is 4.39 Å². The number of benzene rings is 3. The van der Waals surface area contributed by atoms with Crippen molar-refractivity contribution in [3.05, 3.63) is 114 Å². The third-order valence-corrected chi connectivity index (χ3v) is 6.39. The van der Waals surface area contributed by atoms with Crippen molar-refractivity contribution >= 4 is 18.6 Å². The highest BCUT2D eigenvalue weighted by molar-refractivity contribution is 5.94. The number of rotatable bonds is 11. The molecule has 0 radical (unpaired) electrons. The van der Waals surface area contributed by atoms with E-state index in [-0.39, 0.29) is 17.3 Å². The van der Waals surface area contributed by atoms with Crippen molar-refractivity contribution in [2.24, 2.45) is 10.9 Å². The van der Waals surface area contributed by atoms with Crippen molar-refractivity contribution in [2.75, 3.05) is 19.7 Å². The lowest BCUT2D eigenvalue weighted by molar-refractivity contribution is 0.0696. The van der Waals surface area contributed by atoms with Crippen LogP contribution >= 0.6 is 0 Å². The number of aromatic carboxylic acids is 1. The number of allylic oxidation sites excluding steroid dienone is 2. The first-order valence-electron chi connectivity index (χ1n) is 12.8. The molecule has 0 saturated carbocycles. The van der Waals surface area contributed by atoms with E-state index < -0.39 is 5.97 Å². The minimum absolute atomic E-state index is 0.203. The van der Waals surface area contributed by atoms with Gasteiger partial charge in [0.25, 0.3) is 5.91 Å². The fourth-order valence-corrected chi connectivity index (χ4v) is 4.17. The molecule has 0 atom stereocenters. The molecule has 1 amide bonds. The number of nitrogens with one attached hydrogen (secondary N) is 1. The average molecular weight is 544 g/mol. The third-order valence-electron chi connectivity index (χ3n) is 6.39. The normalized spacial score (nSPS) is 14.1. The van der Waals surface area contributed by atoms with Crippen LogP contribution in [0.1, 0.15) is 33.6 Å². The van der Waals surface area contributed by atoms with Crippen LogP contribution in [0.2, 0.25) is 0 Å². The lowest BCUT2D eigenvalue weighted by atomic mass is 9.98. The maximum Gasteiger partial charge on any atom is 0.335 e. The summed E-state index contributed by atoms with van der Waals surface area (Å²) in [7, 11) is 0. The second kappa shape index (κ2) is 13.7. The molecular formula is C31H30FN3O5. The summed E-state index contributed by atoms with van der Waals surface area (Å²) in [5, 5.41) is 11.9. The largest absolute Gasteiger partial charge is 0.493 e. The zero-order valence-electron chi connectivity index (χ0n) is 21.8. The summed E-state index contributed by atoms with van der Waals surface area (Å²) >= 11 is 0. The molecule has 0 aliphatic carbocycles. The second-order valence-electron chi connectivity index (χ2n) is 9.17. The van der Waals surface area contributed by atoms with Gasteiger partial charge in [-0.1, -0.05) is 6.07 Å². The minimum atomic E-state index is -0.979. The average Bonchev–Trinajstić information content (AvgIpc) is 2.98. The molecule has 0 spiro atoms. The van der Waals surface area contributed by atoms with Crippen LogP contribution in [-0.2, 0) is 0 Å². The number of halogens is 1. The molecule has 3 aromatic rings. The number of carboxylic acids is 1. The number of carboxylic acid groups (broad SMARTS) is 1. The van der Waals surface area contributed by atoms with Gasteiger partial charge in [0.2, 0.25) is 0 Å². The van der Waals surface area contributed by atoms with Crippen LogP contribution in [0.25, 0.3) is 0 Å². The van der Waals surface area contributed by atoms with Gasteiger partial charge < -0.3 is 24.8 Å². The van der Waals surface area contributed by atoms with Gasteiger partial charge in [-0.3, -0.25) is 4.79 Å². The Morgan fingerprint density at radius 3 is 2.33 bits per heavy atom. The van der Waals surface area contributed by atoms with Crippen molar-refractivity contribution in [3.63, 3.8) is 0 Å². The molecule has 1 aliphatic rings. The monoisotopic (exact) mass is 543 g/mol. The van der Waals surface area contributed by atoms with E-state index in [0.29, 0.717) is 41.2 Å². The van der Waals surface area contributed by atoms with Crippen LogP contribution in [0.5, 0.6) is 17.2 Å². The fraction of sp³-hybridized carbons (Fsp3) is 0.194. The Kier molecular flexibility index (Phi) is 9.66. The summed E-state index contributed by atoms with van der Waals surface area (Å²) in [4.78, 5) is 29.9. The Morgan fingerprint density at radius 1 is 1.00 bits per heavy atom. The highest BCUT2D eigenvalue weighted by Crippen LogP contribution is 2.24. The van der Waals surface area contributed by atoms with Gasteiger partial charge >= 0.3 is 5.97 Å². The highest BCUT2D eigenvalue weighted by atomic mass is 19.1.